The fraction of sp³-hybridized carbons (Fsp3) is 1.00. The van der Waals surface area contributed by atoms with E-state index >= 15 is 0 Å². The van der Waals surface area contributed by atoms with Crippen molar-refractivity contribution in [3.05, 3.63) is 0 Å². The summed E-state index contributed by atoms with van der Waals surface area (Å²) in [6.45, 7) is 7.86. The highest BCUT2D eigenvalue weighted by Crippen LogP contribution is 2.18. The molecule has 0 aromatic heterocycles. The van der Waals surface area contributed by atoms with Gasteiger partial charge in [-0.05, 0) is 24.7 Å². The molecule has 2 unspecified atom stereocenters. The summed E-state index contributed by atoms with van der Waals surface area (Å²) in [7, 11) is -3.36. The molecule has 0 bridgehead atoms. The maximum absolute atomic E-state index is 12.2. The predicted molar refractivity (Wildman–Crippen MR) is 78.9 cm³/mol. The molecule has 2 atom stereocenters. The topological polar surface area (TPSA) is 75.4 Å². The maximum atomic E-state index is 12.2. The minimum absolute atomic E-state index is 0.105. The largest absolute Gasteiger partial charge is 0.326 e. The summed E-state index contributed by atoms with van der Waals surface area (Å²) in [6, 6.07) is -0.105. The Labute approximate surface area is 118 Å². The molecule has 0 aromatic rings. The fourth-order valence-corrected chi connectivity index (χ4v) is 4.12. The number of hydrogen-bond donors (Lipinski definition) is 2. The predicted octanol–water partition coefficient (Wildman–Crippen LogP) is 1.32. The molecule has 0 saturated carbocycles. The van der Waals surface area contributed by atoms with E-state index in [2.05, 4.69) is 25.5 Å². The first-order valence-electron chi connectivity index (χ1n) is 7.41. The van der Waals surface area contributed by atoms with E-state index in [4.69, 9.17) is 5.73 Å². The van der Waals surface area contributed by atoms with Gasteiger partial charge in [0.1, 0.15) is 0 Å². The van der Waals surface area contributed by atoms with Crippen LogP contribution in [0.5, 0.6) is 0 Å². The Morgan fingerprint density at radius 1 is 1.37 bits per heavy atom. The Hall–Kier alpha value is -0.170. The smallest absolute Gasteiger partial charge is 0.279 e. The second-order valence-corrected chi connectivity index (χ2v) is 7.45. The van der Waals surface area contributed by atoms with Gasteiger partial charge in [-0.3, -0.25) is 0 Å². The van der Waals surface area contributed by atoms with Gasteiger partial charge < -0.3 is 5.73 Å². The van der Waals surface area contributed by atoms with Crippen molar-refractivity contribution in [2.75, 3.05) is 19.6 Å². The molecule has 1 aliphatic heterocycles. The van der Waals surface area contributed by atoms with E-state index in [1.807, 2.05) is 0 Å². The van der Waals surface area contributed by atoms with Gasteiger partial charge in [-0.25, -0.2) is 4.72 Å². The van der Waals surface area contributed by atoms with Crippen LogP contribution in [-0.2, 0) is 10.2 Å². The molecule has 0 aromatic carbocycles. The lowest BCUT2D eigenvalue weighted by Crippen LogP contribution is -2.49. The van der Waals surface area contributed by atoms with E-state index in [0.29, 0.717) is 31.5 Å². The summed E-state index contributed by atoms with van der Waals surface area (Å²) < 4.78 is 28.6. The van der Waals surface area contributed by atoms with E-state index in [1.54, 1.807) is 4.31 Å². The van der Waals surface area contributed by atoms with Gasteiger partial charge in [0.05, 0.1) is 0 Å². The molecule has 19 heavy (non-hydrogen) atoms. The third kappa shape index (κ3) is 5.02. The van der Waals surface area contributed by atoms with E-state index < -0.39 is 10.2 Å². The first-order chi connectivity index (χ1) is 8.90. The first kappa shape index (κ1) is 16.9. The van der Waals surface area contributed by atoms with Crippen LogP contribution < -0.4 is 10.5 Å². The molecular formula is C13H29N3O2S. The second kappa shape index (κ2) is 7.57. The maximum Gasteiger partial charge on any atom is 0.279 e. The highest BCUT2D eigenvalue weighted by molar-refractivity contribution is 7.87. The van der Waals surface area contributed by atoms with Gasteiger partial charge in [0.15, 0.2) is 0 Å². The van der Waals surface area contributed by atoms with Crippen molar-refractivity contribution in [1.82, 2.24) is 9.03 Å². The summed E-state index contributed by atoms with van der Waals surface area (Å²) in [4.78, 5) is 0. The van der Waals surface area contributed by atoms with Crippen LogP contribution in [0.25, 0.3) is 0 Å². The van der Waals surface area contributed by atoms with Crippen molar-refractivity contribution in [3.63, 3.8) is 0 Å². The third-order valence-corrected chi connectivity index (χ3v) is 5.66. The highest BCUT2D eigenvalue weighted by Gasteiger charge is 2.27. The summed E-state index contributed by atoms with van der Waals surface area (Å²) in [5, 5.41) is 0. The van der Waals surface area contributed by atoms with E-state index in [9.17, 15) is 8.42 Å². The molecule has 0 aliphatic carbocycles. The number of rotatable bonds is 7. The van der Waals surface area contributed by atoms with Gasteiger partial charge in [-0.2, -0.15) is 12.7 Å². The average molecular weight is 291 g/mol. The molecule has 1 heterocycles. The standard InChI is InChI=1S/C13H29N3O2S/c1-4-12(5-2)13(14)9-15-19(17,18)16-8-6-7-11(3)10-16/h11-13,15H,4-10,14H2,1-3H3. The van der Waals surface area contributed by atoms with Crippen LogP contribution in [0.3, 0.4) is 0 Å². The Morgan fingerprint density at radius 3 is 2.53 bits per heavy atom. The molecule has 1 saturated heterocycles. The lowest BCUT2D eigenvalue weighted by atomic mass is 9.95. The van der Waals surface area contributed by atoms with Crippen LogP contribution in [0.2, 0.25) is 0 Å². The molecule has 3 N–H and O–H groups in total. The third-order valence-electron chi connectivity index (χ3n) is 4.12. The summed E-state index contributed by atoms with van der Waals surface area (Å²) >= 11 is 0. The number of hydrogen-bond acceptors (Lipinski definition) is 3. The normalized spacial score (nSPS) is 23.7. The molecule has 6 heteroatoms. The van der Waals surface area contributed by atoms with Crippen molar-refractivity contribution in [2.24, 2.45) is 17.6 Å². The van der Waals surface area contributed by atoms with Crippen molar-refractivity contribution < 1.29 is 8.42 Å². The van der Waals surface area contributed by atoms with Crippen LogP contribution in [-0.4, -0.2) is 38.4 Å². The number of nitrogens with two attached hydrogens (primary N) is 1. The van der Waals surface area contributed by atoms with Crippen molar-refractivity contribution in [3.8, 4) is 0 Å². The average Bonchev–Trinajstić information content (AvgIpc) is 2.38. The van der Waals surface area contributed by atoms with Crippen LogP contribution in [0.4, 0.5) is 0 Å². The van der Waals surface area contributed by atoms with Crippen LogP contribution in [0.15, 0.2) is 0 Å². The van der Waals surface area contributed by atoms with Crippen LogP contribution in [0, 0.1) is 11.8 Å². The van der Waals surface area contributed by atoms with E-state index in [1.165, 1.54) is 0 Å². The van der Waals surface area contributed by atoms with Crippen molar-refractivity contribution in [1.29, 1.82) is 0 Å². The van der Waals surface area contributed by atoms with Gasteiger partial charge >= 0.3 is 0 Å². The monoisotopic (exact) mass is 291 g/mol. The van der Waals surface area contributed by atoms with Gasteiger partial charge in [-0.1, -0.05) is 33.6 Å². The van der Waals surface area contributed by atoms with Crippen molar-refractivity contribution >= 4 is 10.2 Å². The Balaban J connectivity index is 2.50. The minimum atomic E-state index is -3.36. The molecule has 0 amide bonds. The van der Waals surface area contributed by atoms with Gasteiger partial charge in [-0.15, -0.1) is 0 Å². The fourth-order valence-electron chi connectivity index (χ4n) is 2.72. The Kier molecular flexibility index (Phi) is 6.73. The number of piperidine rings is 1. The summed E-state index contributed by atoms with van der Waals surface area (Å²) in [6.07, 6.45) is 4.03. The molecule has 0 spiro atoms. The summed E-state index contributed by atoms with van der Waals surface area (Å²) in [5.41, 5.74) is 6.06. The number of nitrogens with zero attached hydrogens (tertiary/aromatic N) is 1. The first-order valence-corrected chi connectivity index (χ1v) is 8.85. The summed E-state index contributed by atoms with van der Waals surface area (Å²) in [5.74, 6) is 0.820. The molecule has 1 rings (SSSR count). The molecular weight excluding hydrogens is 262 g/mol. The second-order valence-electron chi connectivity index (χ2n) is 5.70. The quantitative estimate of drug-likeness (QED) is 0.743. The molecule has 1 aliphatic rings. The van der Waals surface area contributed by atoms with Crippen molar-refractivity contribution in [2.45, 2.75) is 52.5 Å². The molecule has 114 valence electrons. The lowest BCUT2D eigenvalue weighted by molar-refractivity contribution is 0.277. The Morgan fingerprint density at radius 2 is 2.00 bits per heavy atom. The van der Waals surface area contributed by atoms with E-state index in [0.717, 1.165) is 25.7 Å². The van der Waals surface area contributed by atoms with E-state index in [-0.39, 0.29) is 6.04 Å². The Bertz CT molecular complexity index is 355. The van der Waals surface area contributed by atoms with Gasteiger partial charge in [0.25, 0.3) is 10.2 Å². The molecule has 5 nitrogen and oxygen atoms in total. The molecule has 1 fully saturated rings. The van der Waals surface area contributed by atoms with Crippen LogP contribution >= 0.6 is 0 Å². The zero-order valence-electron chi connectivity index (χ0n) is 12.4. The van der Waals surface area contributed by atoms with Gasteiger partial charge in [0.2, 0.25) is 0 Å². The molecule has 0 radical (unpaired) electrons. The zero-order valence-corrected chi connectivity index (χ0v) is 13.2. The lowest BCUT2D eigenvalue weighted by Gasteiger charge is -2.31. The SMILES string of the molecule is CCC(CC)C(N)CNS(=O)(=O)N1CCCC(C)C1. The van der Waals surface area contributed by atoms with Gasteiger partial charge in [0, 0.05) is 25.7 Å². The zero-order chi connectivity index (χ0) is 14.5. The minimum Gasteiger partial charge on any atom is -0.326 e. The number of nitrogens with one attached hydrogen (secondary N) is 1. The van der Waals surface area contributed by atoms with Crippen LogP contribution in [0.1, 0.15) is 46.5 Å². The highest BCUT2D eigenvalue weighted by atomic mass is 32.2.